The fraction of sp³-hybridized carbons (Fsp3) is 0.562. The molecule has 1 heterocycles. The Morgan fingerprint density at radius 1 is 1.22 bits per heavy atom. The number of carbonyl (C=O) groups is 1. The van der Waals surface area contributed by atoms with Gasteiger partial charge < -0.3 is 29.6 Å². The molecule has 0 radical (unpaired) electrons. The Hall–Kier alpha value is -1.99. The van der Waals surface area contributed by atoms with Crippen LogP contribution in [0.1, 0.15) is 12.0 Å². The van der Waals surface area contributed by atoms with E-state index in [4.69, 9.17) is 18.9 Å². The van der Waals surface area contributed by atoms with Gasteiger partial charge in [-0.2, -0.15) is 0 Å². The average molecular weight is 324 g/mol. The number of hydrogen-bond donors (Lipinski definition) is 2. The minimum atomic E-state index is -0.0731. The second-order valence-electron chi connectivity index (χ2n) is 5.20. The van der Waals surface area contributed by atoms with Crippen LogP contribution in [0.3, 0.4) is 0 Å². The normalized spacial score (nSPS) is 17.4. The predicted molar refractivity (Wildman–Crippen MR) is 85.2 cm³/mol. The predicted octanol–water partition coefficient (Wildman–Crippen LogP) is 0.707. The lowest BCUT2D eigenvalue weighted by atomic mass is 10.1. The van der Waals surface area contributed by atoms with Crippen LogP contribution in [0.5, 0.6) is 17.2 Å². The van der Waals surface area contributed by atoms with Crippen molar-refractivity contribution in [3.05, 3.63) is 17.7 Å². The van der Waals surface area contributed by atoms with Crippen LogP contribution in [0.2, 0.25) is 0 Å². The Morgan fingerprint density at radius 2 is 1.91 bits per heavy atom. The van der Waals surface area contributed by atoms with Crippen LogP contribution in [-0.4, -0.2) is 53.0 Å². The fourth-order valence-corrected chi connectivity index (χ4v) is 2.45. The summed E-state index contributed by atoms with van der Waals surface area (Å²) in [6.07, 6.45) is 0.263. The van der Waals surface area contributed by atoms with Crippen LogP contribution in [0.4, 0.5) is 0 Å². The molecule has 23 heavy (non-hydrogen) atoms. The Labute approximate surface area is 136 Å². The number of ether oxygens (including phenoxy) is 4. The molecule has 0 aromatic heterocycles. The topological polar surface area (TPSA) is 78.0 Å². The summed E-state index contributed by atoms with van der Waals surface area (Å²) < 4.78 is 21.4. The molecule has 1 aromatic carbocycles. The average Bonchev–Trinajstić information content (AvgIpc) is 2.59. The molecule has 1 aliphatic heterocycles. The number of morpholine rings is 1. The van der Waals surface area contributed by atoms with Crippen molar-refractivity contribution in [3.63, 3.8) is 0 Å². The van der Waals surface area contributed by atoms with Crippen LogP contribution in [0, 0.1) is 0 Å². The molecule has 1 aliphatic rings. The monoisotopic (exact) mass is 324 g/mol. The fourth-order valence-electron chi connectivity index (χ4n) is 2.45. The molecule has 7 heteroatoms. The van der Waals surface area contributed by atoms with Gasteiger partial charge in [0, 0.05) is 31.3 Å². The van der Waals surface area contributed by atoms with Crippen LogP contribution in [-0.2, 0) is 16.1 Å². The van der Waals surface area contributed by atoms with Crippen molar-refractivity contribution in [2.24, 2.45) is 0 Å². The van der Waals surface area contributed by atoms with E-state index in [1.54, 1.807) is 33.5 Å². The Kier molecular flexibility index (Phi) is 6.49. The first kappa shape index (κ1) is 17.4. The van der Waals surface area contributed by atoms with Gasteiger partial charge >= 0.3 is 0 Å². The second kappa shape index (κ2) is 8.59. The quantitative estimate of drug-likeness (QED) is 0.769. The van der Waals surface area contributed by atoms with Gasteiger partial charge in [0.2, 0.25) is 5.91 Å². The zero-order valence-corrected chi connectivity index (χ0v) is 13.8. The number of nitrogens with one attached hydrogen (secondary N) is 2. The van der Waals surface area contributed by atoms with E-state index in [-0.39, 0.29) is 12.0 Å². The van der Waals surface area contributed by atoms with Crippen LogP contribution >= 0.6 is 0 Å². The van der Waals surface area contributed by atoms with Crippen molar-refractivity contribution >= 4 is 5.91 Å². The highest BCUT2D eigenvalue weighted by Gasteiger charge is 2.18. The first-order chi connectivity index (χ1) is 11.2. The van der Waals surface area contributed by atoms with Crippen molar-refractivity contribution in [1.29, 1.82) is 0 Å². The molecule has 1 aromatic rings. The third-order valence-electron chi connectivity index (χ3n) is 3.68. The van der Waals surface area contributed by atoms with Crippen molar-refractivity contribution in [3.8, 4) is 17.2 Å². The summed E-state index contributed by atoms with van der Waals surface area (Å²) in [6, 6.07) is 3.55. The van der Waals surface area contributed by atoms with Gasteiger partial charge in [-0.3, -0.25) is 4.79 Å². The molecule has 1 fully saturated rings. The second-order valence-corrected chi connectivity index (χ2v) is 5.20. The van der Waals surface area contributed by atoms with E-state index in [0.717, 1.165) is 12.1 Å². The van der Waals surface area contributed by atoms with E-state index in [2.05, 4.69) is 10.6 Å². The number of amides is 1. The lowest BCUT2D eigenvalue weighted by Gasteiger charge is -2.23. The zero-order valence-electron chi connectivity index (χ0n) is 13.8. The van der Waals surface area contributed by atoms with Crippen molar-refractivity contribution in [2.45, 2.75) is 19.1 Å². The number of rotatable bonds is 7. The summed E-state index contributed by atoms with van der Waals surface area (Å²) in [5.41, 5.74) is 0.821. The van der Waals surface area contributed by atoms with Gasteiger partial charge in [0.25, 0.3) is 0 Å². The van der Waals surface area contributed by atoms with Crippen LogP contribution in [0.15, 0.2) is 12.1 Å². The van der Waals surface area contributed by atoms with Gasteiger partial charge in [0.1, 0.15) is 5.75 Å². The van der Waals surface area contributed by atoms with Gasteiger partial charge in [-0.15, -0.1) is 0 Å². The summed E-state index contributed by atoms with van der Waals surface area (Å²) in [7, 11) is 4.71. The van der Waals surface area contributed by atoms with Gasteiger partial charge in [-0.1, -0.05) is 0 Å². The molecule has 2 N–H and O–H groups in total. The number of methoxy groups -OCH3 is 3. The molecule has 128 valence electrons. The SMILES string of the molecule is COc1cc(OC)c(OC)cc1CNC(=O)CC1CNCCO1. The Bertz CT molecular complexity index is 529. The van der Waals surface area contributed by atoms with E-state index in [0.29, 0.717) is 43.4 Å². The highest BCUT2D eigenvalue weighted by atomic mass is 16.5. The highest BCUT2D eigenvalue weighted by molar-refractivity contribution is 5.76. The summed E-state index contributed by atoms with van der Waals surface area (Å²) in [4.78, 5) is 12.0. The molecule has 1 unspecified atom stereocenters. The van der Waals surface area contributed by atoms with Crippen LogP contribution in [0.25, 0.3) is 0 Å². The minimum Gasteiger partial charge on any atom is -0.496 e. The van der Waals surface area contributed by atoms with Gasteiger partial charge in [0.05, 0.1) is 40.5 Å². The zero-order chi connectivity index (χ0) is 16.7. The van der Waals surface area contributed by atoms with Crippen molar-refractivity contribution in [2.75, 3.05) is 41.0 Å². The lowest BCUT2D eigenvalue weighted by molar-refractivity contribution is -0.124. The Balaban J connectivity index is 1.97. The molecule has 0 bridgehead atoms. The summed E-state index contributed by atoms with van der Waals surface area (Å²) >= 11 is 0. The summed E-state index contributed by atoms with van der Waals surface area (Å²) in [6.45, 7) is 2.53. The van der Waals surface area contributed by atoms with Crippen molar-refractivity contribution in [1.82, 2.24) is 10.6 Å². The van der Waals surface area contributed by atoms with Crippen LogP contribution < -0.4 is 24.8 Å². The number of benzene rings is 1. The van der Waals surface area contributed by atoms with Crippen molar-refractivity contribution < 1.29 is 23.7 Å². The Morgan fingerprint density at radius 3 is 2.52 bits per heavy atom. The van der Waals surface area contributed by atoms with Gasteiger partial charge in [-0.25, -0.2) is 0 Å². The van der Waals surface area contributed by atoms with E-state index in [9.17, 15) is 4.79 Å². The van der Waals surface area contributed by atoms with E-state index < -0.39 is 0 Å². The first-order valence-electron chi connectivity index (χ1n) is 7.55. The van der Waals surface area contributed by atoms with Gasteiger partial charge in [-0.05, 0) is 6.07 Å². The standard InChI is InChI=1S/C16H24N2O5/c1-20-13-8-15(22-3)14(21-2)6-11(13)9-18-16(19)7-12-10-17-4-5-23-12/h6,8,12,17H,4-5,7,9-10H2,1-3H3,(H,18,19). The molecule has 7 nitrogen and oxygen atoms in total. The van der Waals surface area contributed by atoms with E-state index in [1.807, 2.05) is 0 Å². The van der Waals surface area contributed by atoms with E-state index in [1.165, 1.54) is 0 Å². The largest absolute Gasteiger partial charge is 0.496 e. The first-order valence-corrected chi connectivity index (χ1v) is 7.55. The number of hydrogen-bond acceptors (Lipinski definition) is 6. The molecule has 0 saturated carbocycles. The summed E-state index contributed by atoms with van der Waals surface area (Å²) in [5, 5.41) is 6.09. The molecule has 0 spiro atoms. The number of carbonyl (C=O) groups excluding carboxylic acids is 1. The molecule has 1 atom stereocenters. The molecule has 1 amide bonds. The van der Waals surface area contributed by atoms with E-state index >= 15 is 0 Å². The third-order valence-corrected chi connectivity index (χ3v) is 3.68. The smallest absolute Gasteiger partial charge is 0.222 e. The molecular weight excluding hydrogens is 300 g/mol. The third kappa shape index (κ3) is 4.74. The van der Waals surface area contributed by atoms with Gasteiger partial charge in [0.15, 0.2) is 11.5 Å². The molecule has 1 saturated heterocycles. The molecule has 0 aliphatic carbocycles. The molecule has 2 rings (SSSR count). The molecular formula is C16H24N2O5. The maximum absolute atomic E-state index is 12.0. The maximum Gasteiger partial charge on any atom is 0.222 e. The maximum atomic E-state index is 12.0. The highest BCUT2D eigenvalue weighted by Crippen LogP contribution is 2.34. The minimum absolute atomic E-state index is 0.0597. The summed E-state index contributed by atoms with van der Waals surface area (Å²) in [5.74, 6) is 1.76. The lowest BCUT2D eigenvalue weighted by Crippen LogP contribution is -2.41.